The Balaban J connectivity index is 0.000000437. The molecule has 1 fully saturated rings. The highest BCUT2D eigenvalue weighted by Gasteiger charge is 2.44. The zero-order valence-corrected chi connectivity index (χ0v) is 23.7. The maximum absolute atomic E-state index is 12.5. The summed E-state index contributed by atoms with van der Waals surface area (Å²) in [4.78, 5) is 6.24. The van der Waals surface area contributed by atoms with Gasteiger partial charge in [0.05, 0.1) is 10.9 Å². The summed E-state index contributed by atoms with van der Waals surface area (Å²) >= 11 is 1.88. The van der Waals surface area contributed by atoms with Gasteiger partial charge in [0.25, 0.3) is 0 Å². The molecule has 3 heteroatoms. The minimum atomic E-state index is -0.223. The number of thioether (sulfide) groups is 1. The number of rotatable bonds is 4. The smallest absolute Gasteiger partial charge is 0.126 e. The molecule has 0 aliphatic heterocycles. The van der Waals surface area contributed by atoms with Crippen molar-refractivity contribution in [3.05, 3.63) is 155 Å². The molecule has 0 amide bonds. The van der Waals surface area contributed by atoms with Crippen LogP contribution in [-0.4, -0.2) is 10.2 Å². The van der Waals surface area contributed by atoms with Crippen LogP contribution in [0.25, 0.3) is 0 Å². The third-order valence-electron chi connectivity index (χ3n) is 7.20. The zero-order chi connectivity index (χ0) is 27.4. The molecule has 39 heavy (non-hydrogen) atoms. The van der Waals surface area contributed by atoms with Crippen molar-refractivity contribution in [1.29, 1.82) is 0 Å². The third kappa shape index (κ3) is 6.78. The summed E-state index contributed by atoms with van der Waals surface area (Å²) in [6, 6.07) is 19.9. The Morgan fingerprint density at radius 3 is 2.13 bits per heavy atom. The van der Waals surface area contributed by atoms with Crippen molar-refractivity contribution >= 4 is 11.8 Å². The van der Waals surface area contributed by atoms with Crippen molar-refractivity contribution in [2.24, 2.45) is 0 Å². The number of benzene rings is 2. The number of halogens is 1. The van der Waals surface area contributed by atoms with Gasteiger partial charge in [-0.15, -0.1) is 11.8 Å². The van der Waals surface area contributed by atoms with Crippen molar-refractivity contribution in [2.75, 3.05) is 0 Å². The van der Waals surface area contributed by atoms with Gasteiger partial charge in [-0.3, -0.25) is 4.98 Å². The van der Waals surface area contributed by atoms with E-state index in [0.29, 0.717) is 0 Å². The van der Waals surface area contributed by atoms with Crippen molar-refractivity contribution in [1.82, 2.24) is 4.98 Å². The van der Waals surface area contributed by atoms with E-state index in [1.165, 1.54) is 33.2 Å². The second-order valence-electron chi connectivity index (χ2n) is 10.4. The van der Waals surface area contributed by atoms with E-state index in [1.807, 2.05) is 24.8 Å². The summed E-state index contributed by atoms with van der Waals surface area (Å²) in [6.45, 7) is 21.1. The van der Waals surface area contributed by atoms with E-state index in [1.54, 1.807) is 13.0 Å². The molecule has 0 saturated heterocycles. The molecule has 1 nitrogen and oxygen atoms in total. The molecule has 0 N–H and O–H groups in total. The summed E-state index contributed by atoms with van der Waals surface area (Å²) in [5.74, 6) is -0.124. The van der Waals surface area contributed by atoms with E-state index < -0.39 is 0 Å². The summed E-state index contributed by atoms with van der Waals surface area (Å²) in [5, 5.41) is 0.225. The topological polar surface area (TPSA) is 12.9 Å². The SMILES string of the molecule is C.C=C1C=CC(C2(c3cccc(C)n3)CC(=C)C(Sc3ccccc3C)C(=C)C2)=C1.Cc1ccc(F)c(C)c1.[HH]. The van der Waals surface area contributed by atoms with Crippen molar-refractivity contribution in [3.8, 4) is 0 Å². The Morgan fingerprint density at radius 1 is 0.872 bits per heavy atom. The Bertz CT molecular complexity index is 1450. The van der Waals surface area contributed by atoms with Crippen molar-refractivity contribution in [3.63, 3.8) is 0 Å². The maximum Gasteiger partial charge on any atom is 0.126 e. The van der Waals surface area contributed by atoms with Gasteiger partial charge in [-0.2, -0.15) is 0 Å². The van der Waals surface area contributed by atoms with Gasteiger partial charge in [0, 0.05) is 17.4 Å². The zero-order valence-electron chi connectivity index (χ0n) is 22.9. The lowest BCUT2D eigenvalue weighted by molar-refractivity contribution is 0.455. The van der Waals surface area contributed by atoms with Crippen LogP contribution in [0.4, 0.5) is 4.39 Å². The van der Waals surface area contributed by atoms with Crippen LogP contribution in [0.2, 0.25) is 0 Å². The number of hydrogen-bond donors (Lipinski definition) is 0. The number of allylic oxidation sites excluding steroid dienone is 5. The van der Waals surface area contributed by atoms with Gasteiger partial charge >= 0.3 is 0 Å². The van der Waals surface area contributed by atoms with Gasteiger partial charge in [-0.25, -0.2) is 4.39 Å². The number of aryl methyl sites for hydroxylation is 4. The van der Waals surface area contributed by atoms with Gasteiger partial charge in [-0.1, -0.05) is 98.5 Å². The molecule has 2 aliphatic rings. The molecule has 0 atom stereocenters. The van der Waals surface area contributed by atoms with Crippen LogP contribution in [0.3, 0.4) is 0 Å². The predicted octanol–water partition coefficient (Wildman–Crippen LogP) is 10.4. The molecule has 5 rings (SSSR count). The predicted molar refractivity (Wildman–Crippen MR) is 170 cm³/mol. The Hall–Kier alpha value is -3.43. The fourth-order valence-corrected chi connectivity index (χ4v) is 6.39. The summed E-state index contributed by atoms with van der Waals surface area (Å²) in [7, 11) is 0. The molecule has 3 aromatic rings. The fraction of sp³-hybridized carbons (Fsp3) is 0.250. The lowest BCUT2D eigenvalue weighted by Gasteiger charge is -2.43. The van der Waals surface area contributed by atoms with Crippen LogP contribution in [-0.2, 0) is 5.41 Å². The van der Waals surface area contributed by atoms with Gasteiger partial charge in [0.1, 0.15) is 5.82 Å². The largest absolute Gasteiger partial charge is 0.257 e. The quantitative estimate of drug-likeness (QED) is 0.306. The minimum absolute atomic E-state index is 0. The molecular weight excluding hydrogens is 497 g/mol. The van der Waals surface area contributed by atoms with Crippen LogP contribution >= 0.6 is 11.8 Å². The second kappa shape index (κ2) is 12.6. The highest BCUT2D eigenvalue weighted by atomic mass is 32.2. The standard InChI is InChI=1S/C27H27NS.C8H9F.CH4.H2/c1-18-13-14-23(15-18)27(25-12-8-10-22(5)28-25)16-20(3)26(21(4)17-27)29-24-11-7-6-9-19(24)2;1-6-3-4-8(9)7(2)5-6;;/h6-15,26H,1,3-4,16-17H2,2,5H3;3-5H,1-2H3;1H4;1H. The molecular formula is C36H42FNS. The first-order chi connectivity index (χ1) is 18.1. The molecule has 0 bridgehead atoms. The van der Waals surface area contributed by atoms with Crippen LogP contribution in [0.1, 0.15) is 49.8 Å². The lowest BCUT2D eigenvalue weighted by atomic mass is 9.64. The summed E-state index contributed by atoms with van der Waals surface area (Å²) in [6.07, 6.45) is 8.22. The second-order valence-corrected chi connectivity index (χ2v) is 11.6. The Morgan fingerprint density at radius 2 is 1.56 bits per heavy atom. The number of hydrogen-bond acceptors (Lipinski definition) is 2. The van der Waals surface area contributed by atoms with E-state index in [4.69, 9.17) is 4.98 Å². The molecule has 0 spiro atoms. The normalized spacial score (nSPS) is 20.2. The summed E-state index contributed by atoms with van der Waals surface area (Å²) in [5.41, 5.74) is 9.77. The first-order valence-corrected chi connectivity index (χ1v) is 13.8. The highest BCUT2D eigenvalue weighted by molar-refractivity contribution is 8.00. The highest BCUT2D eigenvalue weighted by Crippen LogP contribution is 2.53. The van der Waals surface area contributed by atoms with E-state index in [-0.39, 0.29) is 25.3 Å². The monoisotopic (exact) mass is 539 g/mol. The summed E-state index contributed by atoms with van der Waals surface area (Å²) < 4.78 is 12.5. The van der Waals surface area contributed by atoms with Crippen molar-refractivity contribution < 1.29 is 5.82 Å². The molecule has 1 aromatic heterocycles. The van der Waals surface area contributed by atoms with Crippen molar-refractivity contribution in [2.45, 2.75) is 63.5 Å². The average molecular weight is 540 g/mol. The molecule has 0 radical (unpaired) electrons. The Kier molecular flexibility index (Phi) is 9.74. The van der Waals surface area contributed by atoms with Crippen LogP contribution in [0.5, 0.6) is 0 Å². The average Bonchev–Trinajstić information content (AvgIpc) is 3.32. The number of aromatic nitrogens is 1. The lowest BCUT2D eigenvalue weighted by Crippen LogP contribution is -2.37. The van der Waals surface area contributed by atoms with E-state index >= 15 is 0 Å². The van der Waals surface area contributed by atoms with Gasteiger partial charge < -0.3 is 0 Å². The molecule has 1 heterocycles. The maximum atomic E-state index is 12.5. The molecule has 1 saturated carbocycles. The van der Waals surface area contributed by atoms with Crippen LogP contribution in [0.15, 0.2) is 126 Å². The van der Waals surface area contributed by atoms with Gasteiger partial charge in [0.2, 0.25) is 0 Å². The number of pyridine rings is 1. The minimum Gasteiger partial charge on any atom is -0.257 e. The first kappa shape index (κ1) is 30.1. The molecule has 2 aromatic carbocycles. The fourth-order valence-electron chi connectivity index (χ4n) is 5.22. The molecule has 2 aliphatic carbocycles. The van der Waals surface area contributed by atoms with Gasteiger partial charge in [-0.05, 0) is 87.1 Å². The molecule has 204 valence electrons. The first-order valence-electron chi connectivity index (χ1n) is 12.9. The van der Waals surface area contributed by atoms with Gasteiger partial charge in [0.15, 0.2) is 0 Å². The van der Waals surface area contributed by atoms with E-state index in [2.05, 4.69) is 94.3 Å². The molecule has 0 unspecified atom stereocenters. The van der Waals surface area contributed by atoms with E-state index in [9.17, 15) is 4.39 Å². The van der Waals surface area contributed by atoms with E-state index in [0.717, 1.165) is 40.9 Å². The van der Waals surface area contributed by atoms with Crippen LogP contribution < -0.4 is 0 Å². The number of nitrogens with zero attached hydrogens (tertiary/aromatic N) is 1. The Labute approximate surface area is 240 Å². The third-order valence-corrected chi connectivity index (χ3v) is 8.81. The van der Waals surface area contributed by atoms with Crippen LogP contribution in [0, 0.1) is 33.5 Å².